The van der Waals surface area contributed by atoms with E-state index in [4.69, 9.17) is 4.74 Å². The average Bonchev–Trinajstić information content (AvgIpc) is 2.85. The summed E-state index contributed by atoms with van der Waals surface area (Å²) in [6.45, 7) is 12.7. The molecule has 5 heteroatoms. The van der Waals surface area contributed by atoms with Crippen molar-refractivity contribution in [3.05, 3.63) is 21.9 Å². The molecule has 0 aliphatic carbocycles. The van der Waals surface area contributed by atoms with Gasteiger partial charge in [0.15, 0.2) is 5.96 Å². The number of hydrogen-bond donors (Lipinski definition) is 2. The van der Waals surface area contributed by atoms with Crippen LogP contribution in [0.25, 0.3) is 0 Å². The molecule has 0 amide bonds. The summed E-state index contributed by atoms with van der Waals surface area (Å²) in [6.07, 6.45) is 0.995. The van der Waals surface area contributed by atoms with E-state index >= 15 is 0 Å². The first-order valence-corrected chi connectivity index (χ1v) is 8.58. The Morgan fingerprint density at radius 1 is 1.33 bits per heavy atom. The number of thiophene rings is 1. The van der Waals surface area contributed by atoms with Crippen molar-refractivity contribution in [1.29, 1.82) is 0 Å². The normalized spacial score (nSPS) is 12.0. The van der Waals surface area contributed by atoms with Gasteiger partial charge >= 0.3 is 0 Å². The maximum Gasteiger partial charge on any atom is 0.191 e. The number of aliphatic imine (C=N–C) groups is 1. The van der Waals surface area contributed by atoms with Gasteiger partial charge in [-0.05, 0) is 38.3 Å². The first-order valence-electron chi connectivity index (χ1n) is 7.77. The standard InChI is InChI=1S/C16H29N3OS/c1-5-17-16(18-9-6-10-20-12-13(2)3)19-11-15-8-7-14(4)21-15/h7-8,13H,5-6,9-12H2,1-4H3,(H2,17,18,19). The summed E-state index contributed by atoms with van der Waals surface area (Å²) in [6, 6.07) is 4.29. The number of guanidine groups is 1. The zero-order valence-corrected chi connectivity index (χ0v) is 14.6. The summed E-state index contributed by atoms with van der Waals surface area (Å²) in [4.78, 5) is 7.24. The van der Waals surface area contributed by atoms with E-state index in [-0.39, 0.29) is 0 Å². The number of hydrogen-bond acceptors (Lipinski definition) is 3. The number of nitrogens with one attached hydrogen (secondary N) is 2. The smallest absolute Gasteiger partial charge is 0.191 e. The van der Waals surface area contributed by atoms with E-state index in [1.807, 2.05) is 0 Å². The molecule has 4 nitrogen and oxygen atoms in total. The molecule has 1 aromatic rings. The van der Waals surface area contributed by atoms with Gasteiger partial charge in [-0.1, -0.05) is 13.8 Å². The quantitative estimate of drug-likeness (QED) is 0.418. The van der Waals surface area contributed by atoms with Crippen molar-refractivity contribution in [2.24, 2.45) is 10.9 Å². The lowest BCUT2D eigenvalue weighted by Gasteiger charge is -2.11. The van der Waals surface area contributed by atoms with E-state index < -0.39 is 0 Å². The Bertz CT molecular complexity index is 415. The molecule has 1 aromatic heterocycles. The minimum absolute atomic E-state index is 0.603. The van der Waals surface area contributed by atoms with Gasteiger partial charge in [-0.3, -0.25) is 0 Å². The highest BCUT2D eigenvalue weighted by Crippen LogP contribution is 2.15. The summed E-state index contributed by atoms with van der Waals surface area (Å²) < 4.78 is 5.57. The van der Waals surface area contributed by atoms with Crippen LogP contribution in [0.2, 0.25) is 0 Å². The Morgan fingerprint density at radius 2 is 2.14 bits per heavy atom. The third-order valence-corrected chi connectivity index (χ3v) is 3.73. The number of ether oxygens (including phenoxy) is 1. The molecular formula is C16H29N3OS. The second-order valence-corrected chi connectivity index (χ2v) is 6.83. The molecular weight excluding hydrogens is 282 g/mol. The van der Waals surface area contributed by atoms with Crippen molar-refractivity contribution in [1.82, 2.24) is 10.6 Å². The highest BCUT2D eigenvalue weighted by Gasteiger charge is 1.99. The van der Waals surface area contributed by atoms with Crippen LogP contribution in [0.15, 0.2) is 17.1 Å². The van der Waals surface area contributed by atoms with Gasteiger partial charge in [0.05, 0.1) is 6.54 Å². The molecule has 0 aliphatic heterocycles. The van der Waals surface area contributed by atoms with Gasteiger partial charge in [0.25, 0.3) is 0 Å². The van der Waals surface area contributed by atoms with Gasteiger partial charge in [0.2, 0.25) is 0 Å². The summed E-state index contributed by atoms with van der Waals surface area (Å²) >= 11 is 1.80. The van der Waals surface area contributed by atoms with Crippen molar-refractivity contribution in [2.75, 3.05) is 26.3 Å². The molecule has 0 spiro atoms. The molecule has 0 radical (unpaired) electrons. The minimum Gasteiger partial charge on any atom is -0.381 e. The van der Waals surface area contributed by atoms with Gasteiger partial charge in [-0.2, -0.15) is 0 Å². The van der Waals surface area contributed by atoms with Crippen LogP contribution in [0.4, 0.5) is 0 Å². The van der Waals surface area contributed by atoms with Gasteiger partial charge in [-0.25, -0.2) is 4.99 Å². The molecule has 0 saturated heterocycles. The van der Waals surface area contributed by atoms with Gasteiger partial charge in [0, 0.05) is 36.1 Å². The molecule has 0 unspecified atom stereocenters. The Balaban J connectivity index is 2.25. The first kappa shape index (κ1) is 18.0. The number of aryl methyl sites for hydroxylation is 1. The molecule has 0 atom stereocenters. The number of rotatable bonds is 9. The zero-order chi connectivity index (χ0) is 15.5. The molecule has 0 saturated carbocycles. The Hall–Kier alpha value is -1.07. The fourth-order valence-electron chi connectivity index (χ4n) is 1.77. The molecule has 0 fully saturated rings. The van der Waals surface area contributed by atoms with Crippen molar-refractivity contribution in [3.8, 4) is 0 Å². The molecule has 21 heavy (non-hydrogen) atoms. The van der Waals surface area contributed by atoms with Crippen molar-refractivity contribution < 1.29 is 4.74 Å². The maximum absolute atomic E-state index is 5.57. The number of nitrogens with zero attached hydrogens (tertiary/aromatic N) is 1. The van der Waals surface area contributed by atoms with Crippen molar-refractivity contribution >= 4 is 17.3 Å². The minimum atomic E-state index is 0.603. The predicted molar refractivity (Wildman–Crippen MR) is 92.1 cm³/mol. The molecule has 0 bridgehead atoms. The highest BCUT2D eigenvalue weighted by atomic mass is 32.1. The molecule has 1 rings (SSSR count). The van der Waals surface area contributed by atoms with Crippen LogP contribution in [0.5, 0.6) is 0 Å². The largest absolute Gasteiger partial charge is 0.381 e. The summed E-state index contributed by atoms with van der Waals surface area (Å²) in [5, 5.41) is 6.62. The van der Waals surface area contributed by atoms with Crippen molar-refractivity contribution in [2.45, 2.75) is 40.7 Å². The van der Waals surface area contributed by atoms with Crippen LogP contribution < -0.4 is 10.6 Å². The summed E-state index contributed by atoms with van der Waals surface area (Å²) in [7, 11) is 0. The molecule has 120 valence electrons. The molecule has 0 aromatic carbocycles. The Labute approximate surface area is 133 Å². The van der Waals surface area contributed by atoms with Gasteiger partial charge < -0.3 is 15.4 Å². The van der Waals surface area contributed by atoms with Crippen LogP contribution >= 0.6 is 11.3 Å². The van der Waals surface area contributed by atoms with E-state index in [9.17, 15) is 0 Å². The SMILES string of the molecule is CCNC(=NCc1ccc(C)s1)NCCCOCC(C)C. The van der Waals surface area contributed by atoms with Crippen LogP contribution in [-0.2, 0) is 11.3 Å². The van der Waals surface area contributed by atoms with E-state index in [0.717, 1.165) is 45.2 Å². The molecule has 1 heterocycles. The lowest BCUT2D eigenvalue weighted by molar-refractivity contribution is 0.108. The van der Waals surface area contributed by atoms with Crippen LogP contribution in [0.1, 0.15) is 36.9 Å². The predicted octanol–water partition coefficient (Wildman–Crippen LogP) is 3.17. The topological polar surface area (TPSA) is 45.7 Å². The van der Waals surface area contributed by atoms with E-state index in [0.29, 0.717) is 5.92 Å². The summed E-state index contributed by atoms with van der Waals surface area (Å²) in [5.41, 5.74) is 0. The Kier molecular flexibility index (Phi) is 9.10. The van der Waals surface area contributed by atoms with Gasteiger partial charge in [-0.15, -0.1) is 11.3 Å². The lowest BCUT2D eigenvalue weighted by Crippen LogP contribution is -2.38. The van der Waals surface area contributed by atoms with Crippen molar-refractivity contribution in [3.63, 3.8) is 0 Å². The van der Waals surface area contributed by atoms with Crippen LogP contribution in [-0.4, -0.2) is 32.3 Å². The van der Waals surface area contributed by atoms with Crippen LogP contribution in [0.3, 0.4) is 0 Å². The second-order valence-electron chi connectivity index (χ2n) is 5.46. The van der Waals surface area contributed by atoms with Gasteiger partial charge in [0.1, 0.15) is 0 Å². The average molecular weight is 311 g/mol. The molecule has 2 N–H and O–H groups in total. The fraction of sp³-hybridized carbons (Fsp3) is 0.688. The van der Waals surface area contributed by atoms with E-state index in [2.05, 4.69) is 55.5 Å². The lowest BCUT2D eigenvalue weighted by atomic mass is 10.2. The fourth-order valence-corrected chi connectivity index (χ4v) is 2.58. The molecule has 0 aliphatic rings. The second kappa shape index (κ2) is 10.6. The highest BCUT2D eigenvalue weighted by molar-refractivity contribution is 7.11. The van der Waals surface area contributed by atoms with E-state index in [1.54, 1.807) is 11.3 Å². The third kappa shape index (κ3) is 8.73. The maximum atomic E-state index is 5.57. The third-order valence-electron chi connectivity index (χ3n) is 2.74. The zero-order valence-electron chi connectivity index (χ0n) is 13.7. The monoisotopic (exact) mass is 311 g/mol. The Morgan fingerprint density at radius 3 is 2.76 bits per heavy atom. The van der Waals surface area contributed by atoms with Crippen LogP contribution in [0, 0.1) is 12.8 Å². The first-order chi connectivity index (χ1) is 10.1. The van der Waals surface area contributed by atoms with E-state index in [1.165, 1.54) is 9.75 Å². The summed E-state index contributed by atoms with van der Waals surface area (Å²) in [5.74, 6) is 1.48.